The maximum Gasteiger partial charge on any atom is 0.161 e. The standard InChI is InChI=1S/C15H23NO3/c1-12-11-13(7-9-18-12)16-8-10-19-15-6-4-3-5-14(15)17-2/h3-6,12-13,16H,7-11H2,1-2H3. The molecule has 1 aliphatic heterocycles. The second-order valence-corrected chi connectivity index (χ2v) is 4.86. The largest absolute Gasteiger partial charge is 0.493 e. The van der Waals surface area contributed by atoms with E-state index in [0.29, 0.717) is 18.8 Å². The number of para-hydroxylation sites is 2. The fraction of sp³-hybridized carbons (Fsp3) is 0.600. The second-order valence-electron chi connectivity index (χ2n) is 4.86. The van der Waals surface area contributed by atoms with Crippen LogP contribution in [0.4, 0.5) is 0 Å². The Labute approximate surface area is 115 Å². The third-order valence-electron chi connectivity index (χ3n) is 3.35. The van der Waals surface area contributed by atoms with Gasteiger partial charge in [0.15, 0.2) is 11.5 Å². The molecule has 2 rings (SSSR count). The average Bonchev–Trinajstić information content (AvgIpc) is 2.44. The lowest BCUT2D eigenvalue weighted by atomic mass is 10.0. The molecule has 19 heavy (non-hydrogen) atoms. The maximum absolute atomic E-state index is 5.73. The predicted molar refractivity (Wildman–Crippen MR) is 74.9 cm³/mol. The van der Waals surface area contributed by atoms with Gasteiger partial charge in [-0.25, -0.2) is 0 Å². The monoisotopic (exact) mass is 265 g/mol. The van der Waals surface area contributed by atoms with Crippen LogP contribution in [0.5, 0.6) is 11.5 Å². The first-order valence-corrected chi connectivity index (χ1v) is 6.90. The molecule has 0 aromatic heterocycles. The summed E-state index contributed by atoms with van der Waals surface area (Å²) in [5, 5.41) is 3.51. The smallest absolute Gasteiger partial charge is 0.161 e. The third-order valence-corrected chi connectivity index (χ3v) is 3.35. The summed E-state index contributed by atoms with van der Waals surface area (Å²) in [6.07, 6.45) is 2.52. The van der Waals surface area contributed by atoms with Crippen LogP contribution in [0.3, 0.4) is 0 Å². The molecule has 0 saturated carbocycles. The van der Waals surface area contributed by atoms with E-state index in [4.69, 9.17) is 14.2 Å². The lowest BCUT2D eigenvalue weighted by molar-refractivity contribution is 0.0129. The van der Waals surface area contributed by atoms with Crippen molar-refractivity contribution in [1.82, 2.24) is 5.32 Å². The van der Waals surface area contributed by atoms with Crippen molar-refractivity contribution in [3.05, 3.63) is 24.3 Å². The molecule has 1 aromatic carbocycles. The molecule has 106 valence electrons. The zero-order valence-corrected chi connectivity index (χ0v) is 11.7. The van der Waals surface area contributed by atoms with E-state index in [9.17, 15) is 0 Å². The van der Waals surface area contributed by atoms with Crippen LogP contribution >= 0.6 is 0 Å². The van der Waals surface area contributed by atoms with Crippen molar-refractivity contribution < 1.29 is 14.2 Å². The number of hydrogen-bond donors (Lipinski definition) is 1. The van der Waals surface area contributed by atoms with Gasteiger partial charge in [-0.3, -0.25) is 0 Å². The molecule has 2 atom stereocenters. The Kier molecular flexibility index (Phi) is 5.48. The first-order chi connectivity index (χ1) is 9.29. The molecule has 1 aromatic rings. The summed E-state index contributed by atoms with van der Waals surface area (Å²) in [7, 11) is 1.66. The minimum Gasteiger partial charge on any atom is -0.493 e. The summed E-state index contributed by atoms with van der Waals surface area (Å²) in [4.78, 5) is 0. The molecule has 1 aliphatic rings. The van der Waals surface area contributed by atoms with Crippen molar-refractivity contribution in [2.45, 2.75) is 31.9 Å². The highest BCUT2D eigenvalue weighted by atomic mass is 16.5. The van der Waals surface area contributed by atoms with E-state index in [2.05, 4.69) is 12.2 Å². The summed E-state index contributed by atoms with van der Waals surface area (Å²) < 4.78 is 16.5. The van der Waals surface area contributed by atoms with Gasteiger partial charge < -0.3 is 19.5 Å². The zero-order valence-electron chi connectivity index (χ0n) is 11.7. The molecule has 0 radical (unpaired) electrons. The molecule has 0 aliphatic carbocycles. The fourth-order valence-electron chi connectivity index (χ4n) is 2.35. The van der Waals surface area contributed by atoms with E-state index >= 15 is 0 Å². The van der Waals surface area contributed by atoms with Crippen molar-refractivity contribution in [3.8, 4) is 11.5 Å². The number of ether oxygens (including phenoxy) is 3. The Bertz CT molecular complexity index is 383. The lowest BCUT2D eigenvalue weighted by Gasteiger charge is -2.28. The Morgan fingerprint density at radius 2 is 2.11 bits per heavy atom. The van der Waals surface area contributed by atoms with Crippen molar-refractivity contribution in [3.63, 3.8) is 0 Å². The van der Waals surface area contributed by atoms with Gasteiger partial charge in [0.1, 0.15) is 6.61 Å². The molecule has 0 bridgehead atoms. The van der Waals surface area contributed by atoms with Gasteiger partial charge >= 0.3 is 0 Å². The normalized spacial score (nSPS) is 23.1. The Balaban J connectivity index is 1.69. The third kappa shape index (κ3) is 4.40. The summed E-state index contributed by atoms with van der Waals surface area (Å²) >= 11 is 0. The van der Waals surface area contributed by atoms with E-state index in [0.717, 1.165) is 37.5 Å². The molecule has 2 unspecified atom stereocenters. The number of methoxy groups -OCH3 is 1. The molecule has 1 saturated heterocycles. The highest BCUT2D eigenvalue weighted by molar-refractivity contribution is 5.39. The molecule has 4 heteroatoms. The van der Waals surface area contributed by atoms with Gasteiger partial charge in [-0.15, -0.1) is 0 Å². The molecule has 4 nitrogen and oxygen atoms in total. The Hall–Kier alpha value is -1.26. The van der Waals surface area contributed by atoms with Gasteiger partial charge in [-0.05, 0) is 31.9 Å². The van der Waals surface area contributed by atoms with Gasteiger partial charge in [-0.1, -0.05) is 12.1 Å². The Morgan fingerprint density at radius 3 is 2.84 bits per heavy atom. The SMILES string of the molecule is COc1ccccc1OCCNC1CCOC(C)C1. The topological polar surface area (TPSA) is 39.7 Å². The van der Waals surface area contributed by atoms with E-state index in [1.54, 1.807) is 7.11 Å². The van der Waals surface area contributed by atoms with Gasteiger partial charge in [0.25, 0.3) is 0 Å². The zero-order chi connectivity index (χ0) is 13.5. The average molecular weight is 265 g/mol. The van der Waals surface area contributed by atoms with Gasteiger partial charge in [0.2, 0.25) is 0 Å². The molecule has 0 amide bonds. The Morgan fingerprint density at radius 1 is 1.32 bits per heavy atom. The number of hydrogen-bond acceptors (Lipinski definition) is 4. The van der Waals surface area contributed by atoms with Crippen LogP contribution in [-0.2, 0) is 4.74 Å². The molecule has 1 heterocycles. The van der Waals surface area contributed by atoms with Crippen LogP contribution in [0.15, 0.2) is 24.3 Å². The van der Waals surface area contributed by atoms with Crippen LogP contribution in [0, 0.1) is 0 Å². The van der Waals surface area contributed by atoms with Gasteiger partial charge in [0, 0.05) is 19.2 Å². The fourth-order valence-corrected chi connectivity index (χ4v) is 2.35. The van der Waals surface area contributed by atoms with Gasteiger partial charge in [-0.2, -0.15) is 0 Å². The predicted octanol–water partition coefficient (Wildman–Crippen LogP) is 2.23. The molecular weight excluding hydrogens is 242 g/mol. The molecule has 0 spiro atoms. The first kappa shape index (κ1) is 14.2. The summed E-state index contributed by atoms with van der Waals surface area (Å²) in [5.41, 5.74) is 0. The molecule has 1 N–H and O–H groups in total. The molecular formula is C15H23NO3. The quantitative estimate of drug-likeness (QED) is 0.801. The summed E-state index contributed by atoms with van der Waals surface area (Å²) in [5.74, 6) is 1.58. The van der Waals surface area contributed by atoms with Crippen molar-refractivity contribution in [2.24, 2.45) is 0 Å². The number of nitrogens with one attached hydrogen (secondary N) is 1. The van der Waals surface area contributed by atoms with E-state index in [-0.39, 0.29) is 0 Å². The molecule has 1 fully saturated rings. The van der Waals surface area contributed by atoms with Crippen molar-refractivity contribution >= 4 is 0 Å². The van der Waals surface area contributed by atoms with Crippen molar-refractivity contribution in [1.29, 1.82) is 0 Å². The summed E-state index contributed by atoms with van der Waals surface area (Å²) in [6, 6.07) is 8.27. The van der Waals surface area contributed by atoms with Crippen molar-refractivity contribution in [2.75, 3.05) is 26.9 Å². The first-order valence-electron chi connectivity index (χ1n) is 6.90. The van der Waals surface area contributed by atoms with Crippen LogP contribution in [-0.4, -0.2) is 39.0 Å². The van der Waals surface area contributed by atoms with E-state index in [1.807, 2.05) is 24.3 Å². The van der Waals surface area contributed by atoms with Crippen LogP contribution in [0.2, 0.25) is 0 Å². The van der Waals surface area contributed by atoms with Crippen LogP contribution in [0.25, 0.3) is 0 Å². The van der Waals surface area contributed by atoms with E-state index < -0.39 is 0 Å². The highest BCUT2D eigenvalue weighted by Crippen LogP contribution is 2.25. The van der Waals surface area contributed by atoms with E-state index in [1.165, 1.54) is 0 Å². The van der Waals surface area contributed by atoms with Crippen LogP contribution in [0.1, 0.15) is 19.8 Å². The summed E-state index contributed by atoms with van der Waals surface area (Å²) in [6.45, 7) is 4.47. The second kappa shape index (κ2) is 7.36. The maximum atomic E-state index is 5.73. The highest BCUT2D eigenvalue weighted by Gasteiger charge is 2.18. The minimum atomic E-state index is 0.362. The number of rotatable bonds is 6. The minimum absolute atomic E-state index is 0.362. The van der Waals surface area contributed by atoms with Gasteiger partial charge in [0.05, 0.1) is 13.2 Å². The lowest BCUT2D eigenvalue weighted by Crippen LogP contribution is -2.39. The number of benzene rings is 1. The van der Waals surface area contributed by atoms with Crippen LogP contribution < -0.4 is 14.8 Å².